The Balaban J connectivity index is 1.83. The van der Waals surface area contributed by atoms with Crippen LogP contribution in [0.25, 0.3) is 0 Å². The third-order valence-electron chi connectivity index (χ3n) is 5.72. The van der Waals surface area contributed by atoms with Gasteiger partial charge in [-0.25, -0.2) is 0 Å². The van der Waals surface area contributed by atoms with Crippen molar-refractivity contribution in [2.24, 2.45) is 11.0 Å². The van der Waals surface area contributed by atoms with E-state index in [9.17, 15) is 14.9 Å². The number of fused-ring (bicyclic) bond motifs is 3. The lowest BCUT2D eigenvalue weighted by atomic mass is 9.77. The molecule has 1 heterocycles. The number of hydrogen-bond donors (Lipinski definition) is 0. The topological polar surface area (TPSA) is 85.0 Å². The van der Waals surface area contributed by atoms with Crippen molar-refractivity contribution in [3.63, 3.8) is 0 Å². The van der Waals surface area contributed by atoms with Crippen molar-refractivity contribution in [1.82, 2.24) is 5.01 Å². The largest absolute Gasteiger partial charge is 0.497 e. The van der Waals surface area contributed by atoms with E-state index in [1.54, 1.807) is 25.3 Å². The zero-order chi connectivity index (χ0) is 21.4. The van der Waals surface area contributed by atoms with Crippen LogP contribution in [0.4, 0.5) is 5.69 Å². The normalized spacial score (nSPS) is 20.3. The molecule has 2 aromatic rings. The maximum atomic E-state index is 11.7. The minimum Gasteiger partial charge on any atom is -0.497 e. The Hall–Kier alpha value is -3.48. The molecule has 2 atom stereocenters. The van der Waals surface area contributed by atoms with Crippen LogP contribution in [0.1, 0.15) is 43.0 Å². The fourth-order valence-corrected chi connectivity index (χ4v) is 4.44. The van der Waals surface area contributed by atoms with Gasteiger partial charge in [0.05, 0.1) is 23.8 Å². The first-order chi connectivity index (χ1) is 14.4. The number of ketones is 1. The van der Waals surface area contributed by atoms with Gasteiger partial charge in [0.1, 0.15) is 5.75 Å². The number of rotatable bonds is 5. The van der Waals surface area contributed by atoms with Gasteiger partial charge in [0.25, 0.3) is 5.69 Å². The van der Waals surface area contributed by atoms with Crippen LogP contribution in [0.15, 0.2) is 59.3 Å². The van der Waals surface area contributed by atoms with E-state index in [0.717, 1.165) is 41.1 Å². The van der Waals surface area contributed by atoms with E-state index in [0.29, 0.717) is 0 Å². The maximum Gasteiger partial charge on any atom is 0.269 e. The molecule has 7 heteroatoms. The van der Waals surface area contributed by atoms with Crippen molar-refractivity contribution in [2.75, 3.05) is 7.11 Å². The summed E-state index contributed by atoms with van der Waals surface area (Å²) in [7, 11) is 1.65. The summed E-state index contributed by atoms with van der Waals surface area (Å²) in [6, 6.07) is 12.5. The lowest BCUT2D eigenvalue weighted by Crippen LogP contribution is -2.28. The molecule has 2 aliphatic rings. The van der Waals surface area contributed by atoms with E-state index in [2.05, 4.69) is 0 Å². The van der Waals surface area contributed by atoms with Crippen LogP contribution >= 0.6 is 0 Å². The summed E-state index contributed by atoms with van der Waals surface area (Å²) in [5, 5.41) is 18.1. The van der Waals surface area contributed by atoms with Crippen LogP contribution in [0, 0.1) is 16.0 Å². The quantitative estimate of drug-likeness (QED) is 0.418. The van der Waals surface area contributed by atoms with E-state index in [-0.39, 0.29) is 28.4 Å². The molecule has 0 bridgehead atoms. The molecule has 0 N–H and O–H groups in total. The molecule has 0 radical (unpaired) electrons. The fourth-order valence-electron chi connectivity index (χ4n) is 4.44. The molecular formula is C23H23N3O4. The molecule has 0 spiro atoms. The first kappa shape index (κ1) is 19.8. The predicted molar refractivity (Wildman–Crippen MR) is 113 cm³/mol. The smallest absolute Gasteiger partial charge is 0.269 e. The Morgan fingerprint density at radius 3 is 2.77 bits per heavy atom. The molecule has 1 aliphatic heterocycles. The highest BCUT2D eigenvalue weighted by Crippen LogP contribution is 2.45. The Bertz CT molecular complexity index is 1090. The number of carbonyl (C=O) groups excluding carboxylic acids is 1. The van der Waals surface area contributed by atoms with Crippen LogP contribution in [-0.2, 0) is 11.2 Å². The highest BCUT2D eigenvalue weighted by atomic mass is 16.6. The molecule has 0 saturated carbocycles. The predicted octanol–water partition coefficient (Wildman–Crippen LogP) is 4.42. The standard InChI is InChI=1S/C23H23N3O4/c1-14(11-15(2)27)25-23(17-5-4-6-18(12-17)26(28)29)21-9-7-16-13-19(30-3)8-10-20(16)22(21)24-25/h4-6,8,10-13,21,23H,7,9H2,1-3H3. The van der Waals surface area contributed by atoms with Crippen molar-refractivity contribution < 1.29 is 14.5 Å². The molecule has 1 aliphatic carbocycles. The summed E-state index contributed by atoms with van der Waals surface area (Å²) in [5.41, 5.74) is 4.79. The lowest BCUT2D eigenvalue weighted by Gasteiger charge is -2.31. The van der Waals surface area contributed by atoms with Gasteiger partial charge in [-0.3, -0.25) is 19.9 Å². The number of nitro groups is 1. The molecule has 0 fully saturated rings. The Kier molecular flexibility index (Phi) is 5.11. The molecule has 7 nitrogen and oxygen atoms in total. The molecule has 0 amide bonds. The number of carbonyl (C=O) groups is 1. The van der Waals surface area contributed by atoms with Gasteiger partial charge >= 0.3 is 0 Å². The number of nitro benzene ring substituents is 1. The Morgan fingerprint density at radius 1 is 1.27 bits per heavy atom. The number of allylic oxidation sites excluding steroid dienone is 2. The second-order valence-electron chi connectivity index (χ2n) is 7.69. The second-order valence-corrected chi connectivity index (χ2v) is 7.69. The molecule has 4 rings (SSSR count). The Morgan fingerprint density at radius 2 is 2.07 bits per heavy atom. The van der Waals surface area contributed by atoms with Gasteiger partial charge in [-0.2, -0.15) is 5.10 Å². The van der Waals surface area contributed by atoms with Gasteiger partial charge < -0.3 is 4.74 Å². The van der Waals surface area contributed by atoms with Crippen LogP contribution in [-0.4, -0.2) is 28.5 Å². The minimum absolute atomic E-state index is 0.0510. The van der Waals surface area contributed by atoms with Gasteiger partial charge in [-0.15, -0.1) is 0 Å². The van der Waals surface area contributed by atoms with E-state index in [1.165, 1.54) is 18.6 Å². The molecule has 2 unspecified atom stereocenters. The highest BCUT2D eigenvalue weighted by Gasteiger charge is 2.42. The summed E-state index contributed by atoms with van der Waals surface area (Å²) >= 11 is 0. The average molecular weight is 405 g/mol. The number of hydrazone groups is 1. The summed E-state index contributed by atoms with van der Waals surface area (Å²) in [6.07, 6.45) is 3.28. The summed E-state index contributed by atoms with van der Waals surface area (Å²) in [6.45, 7) is 3.35. The highest BCUT2D eigenvalue weighted by molar-refractivity contribution is 6.06. The monoisotopic (exact) mass is 405 g/mol. The van der Waals surface area contributed by atoms with Crippen molar-refractivity contribution in [1.29, 1.82) is 0 Å². The van der Waals surface area contributed by atoms with Gasteiger partial charge in [0.2, 0.25) is 0 Å². The van der Waals surface area contributed by atoms with Crippen molar-refractivity contribution in [2.45, 2.75) is 32.7 Å². The number of benzene rings is 2. The third-order valence-corrected chi connectivity index (χ3v) is 5.72. The van der Waals surface area contributed by atoms with Crippen molar-refractivity contribution in [3.05, 3.63) is 81.0 Å². The average Bonchev–Trinajstić information content (AvgIpc) is 3.13. The lowest BCUT2D eigenvalue weighted by molar-refractivity contribution is -0.385. The SMILES string of the molecule is COc1ccc2c(c1)CCC1C2=NN(C(C)=CC(C)=O)C1c1cccc([N+](=O)[O-])c1. The van der Waals surface area contributed by atoms with Crippen LogP contribution in [0.3, 0.4) is 0 Å². The zero-order valence-electron chi connectivity index (χ0n) is 17.2. The molecule has 2 aromatic carbocycles. The van der Waals surface area contributed by atoms with Gasteiger partial charge in [0, 0.05) is 35.4 Å². The maximum absolute atomic E-state index is 11.7. The second kappa shape index (κ2) is 7.74. The molecule has 154 valence electrons. The van der Waals surface area contributed by atoms with E-state index in [1.807, 2.05) is 36.2 Å². The van der Waals surface area contributed by atoms with Gasteiger partial charge in [-0.1, -0.05) is 12.1 Å². The number of ether oxygens (including phenoxy) is 1. The summed E-state index contributed by atoms with van der Waals surface area (Å²) in [4.78, 5) is 22.7. The fraction of sp³-hybridized carbons (Fsp3) is 0.304. The van der Waals surface area contributed by atoms with E-state index < -0.39 is 0 Å². The third kappa shape index (κ3) is 3.47. The van der Waals surface area contributed by atoms with Crippen molar-refractivity contribution in [3.8, 4) is 5.75 Å². The van der Waals surface area contributed by atoms with Crippen LogP contribution in [0.5, 0.6) is 5.75 Å². The number of non-ortho nitro benzene ring substituents is 1. The first-order valence-corrected chi connectivity index (χ1v) is 9.87. The Labute approximate surface area is 174 Å². The summed E-state index contributed by atoms with van der Waals surface area (Å²) < 4.78 is 5.36. The van der Waals surface area contributed by atoms with Gasteiger partial charge in [0.15, 0.2) is 5.78 Å². The van der Waals surface area contributed by atoms with Crippen LogP contribution < -0.4 is 4.74 Å². The van der Waals surface area contributed by atoms with E-state index >= 15 is 0 Å². The molecule has 0 saturated heterocycles. The first-order valence-electron chi connectivity index (χ1n) is 9.87. The minimum atomic E-state index is -0.384. The number of aryl methyl sites for hydroxylation is 1. The van der Waals surface area contributed by atoms with E-state index in [4.69, 9.17) is 9.84 Å². The zero-order valence-corrected chi connectivity index (χ0v) is 17.2. The van der Waals surface area contributed by atoms with Gasteiger partial charge in [-0.05, 0) is 56.0 Å². The number of nitrogens with zero attached hydrogens (tertiary/aromatic N) is 3. The van der Waals surface area contributed by atoms with Crippen molar-refractivity contribution >= 4 is 17.2 Å². The molecule has 30 heavy (non-hydrogen) atoms. The molecular weight excluding hydrogens is 382 g/mol. The number of hydrogen-bond acceptors (Lipinski definition) is 6. The summed E-state index contributed by atoms with van der Waals surface area (Å²) in [5.74, 6) is 0.819. The number of methoxy groups -OCH3 is 1. The molecule has 0 aromatic heterocycles. The van der Waals surface area contributed by atoms with Crippen LogP contribution in [0.2, 0.25) is 0 Å².